The molecule has 0 saturated heterocycles. The van der Waals surface area contributed by atoms with E-state index in [2.05, 4.69) is 65.3 Å². The molecule has 0 spiro atoms. The van der Waals surface area contributed by atoms with Gasteiger partial charge in [0.25, 0.3) is 0 Å². The minimum absolute atomic E-state index is 0.305. The van der Waals surface area contributed by atoms with Crippen LogP contribution in [0.2, 0.25) is 0 Å². The largest absolute Gasteiger partial charge is 0.497 e. The lowest BCUT2D eigenvalue weighted by atomic mass is 10.1. The Morgan fingerprint density at radius 1 is 1.23 bits per heavy atom. The van der Waals surface area contributed by atoms with Crippen LogP contribution < -0.4 is 10.6 Å². The third-order valence-corrected chi connectivity index (χ3v) is 6.59. The number of nitrogens with one attached hydrogen (secondary N) is 2. The summed E-state index contributed by atoms with van der Waals surface area (Å²) in [6, 6.07) is 8.33. The van der Waals surface area contributed by atoms with E-state index in [1.54, 1.807) is 7.11 Å². The number of carbonyl (C=O) groups is 1. The third-order valence-electron chi connectivity index (χ3n) is 6.59. The molecule has 6 heteroatoms. The van der Waals surface area contributed by atoms with Gasteiger partial charge in [0.2, 0.25) is 0 Å². The first-order valence-corrected chi connectivity index (χ1v) is 14.0. The number of hydrogen-bond acceptors (Lipinski definition) is 5. The number of carbonyl (C=O) groups excluding carboxylic acids is 1. The molecule has 0 radical (unpaired) electrons. The van der Waals surface area contributed by atoms with Gasteiger partial charge in [0.15, 0.2) is 0 Å². The number of ether oxygens (including phenoxy) is 2. The van der Waals surface area contributed by atoms with Crippen LogP contribution in [0.25, 0.3) is 10.9 Å². The van der Waals surface area contributed by atoms with Gasteiger partial charge in [-0.1, -0.05) is 45.9 Å². The normalized spacial score (nSPS) is 15.3. The Hall–Kier alpha value is -3.93. The number of methoxy groups -OCH3 is 1. The van der Waals surface area contributed by atoms with Crippen molar-refractivity contribution in [2.75, 3.05) is 19.0 Å². The quantitative estimate of drug-likeness (QED) is 0.127. The van der Waals surface area contributed by atoms with Crippen LogP contribution in [-0.2, 0) is 20.8 Å². The second-order valence-electron chi connectivity index (χ2n) is 9.38. The zero-order valence-electron chi connectivity index (χ0n) is 24.0. The maximum Gasteiger partial charge on any atom is 0.341 e. The van der Waals surface area contributed by atoms with E-state index in [-0.39, 0.29) is 5.97 Å². The number of rotatable bonds is 12. The molecule has 1 aromatic carbocycles. The van der Waals surface area contributed by atoms with Crippen LogP contribution in [0.15, 0.2) is 102 Å². The summed E-state index contributed by atoms with van der Waals surface area (Å²) in [7, 11) is 1.62. The minimum atomic E-state index is -0.305. The summed E-state index contributed by atoms with van der Waals surface area (Å²) in [5, 5.41) is 7.82. The second-order valence-corrected chi connectivity index (χ2v) is 9.38. The van der Waals surface area contributed by atoms with Crippen molar-refractivity contribution in [2.24, 2.45) is 5.92 Å². The number of unbranched alkanes of at least 4 members (excludes halogenated alkanes) is 1. The Bertz CT molecular complexity index is 1300. The Balaban J connectivity index is 0.00000205. The molecule has 1 saturated carbocycles. The molecule has 2 heterocycles. The number of hydrogen-bond donors (Lipinski definition) is 2. The van der Waals surface area contributed by atoms with Gasteiger partial charge < -0.3 is 24.7 Å². The number of fused-ring (bicyclic) bond motifs is 1. The average Bonchev–Trinajstić information content (AvgIpc) is 3.76. The predicted molar refractivity (Wildman–Crippen MR) is 162 cm³/mol. The van der Waals surface area contributed by atoms with Crippen molar-refractivity contribution in [1.82, 2.24) is 9.88 Å². The van der Waals surface area contributed by atoms with E-state index < -0.39 is 0 Å². The van der Waals surface area contributed by atoms with Crippen LogP contribution in [-0.4, -0.2) is 24.3 Å². The van der Waals surface area contributed by atoms with E-state index in [9.17, 15) is 4.79 Å². The number of esters is 1. The molecule has 0 amide bonds. The summed E-state index contributed by atoms with van der Waals surface area (Å²) < 4.78 is 12.9. The summed E-state index contributed by atoms with van der Waals surface area (Å²) in [6.07, 6.45) is 18.2. The van der Waals surface area contributed by atoms with Gasteiger partial charge in [0.1, 0.15) is 17.2 Å². The highest BCUT2D eigenvalue weighted by molar-refractivity contribution is 5.94. The standard InChI is InChI=1S/C31H37N3O3.C2H6/c1-5-7-18-37-31(35)28-20-25(24-10-11-24)14-16-32-30(28)33-27-12-13-29-26(19-27)15-17-34(29)21-23(6-2)9-8-22(3)36-4;1-2/h6,8-9,12-17,19-20,24,32-33H,3,5,7,10-11,18,21H2,1-2,4H3;1-2H3/b9-8-,23-6+;. The molecule has 0 atom stereocenters. The fourth-order valence-corrected chi connectivity index (χ4v) is 4.17. The summed E-state index contributed by atoms with van der Waals surface area (Å²) in [6.45, 7) is 13.1. The minimum Gasteiger partial charge on any atom is -0.497 e. The molecule has 1 aliphatic carbocycles. The third kappa shape index (κ3) is 8.28. The topological polar surface area (TPSA) is 64.5 Å². The molecule has 2 aliphatic rings. The molecule has 0 unspecified atom stereocenters. The number of allylic oxidation sites excluding steroid dienone is 6. The van der Waals surface area contributed by atoms with Gasteiger partial charge in [-0.15, -0.1) is 0 Å². The van der Waals surface area contributed by atoms with Crippen LogP contribution in [0.5, 0.6) is 0 Å². The summed E-state index contributed by atoms with van der Waals surface area (Å²) in [5.41, 5.74) is 4.87. The highest BCUT2D eigenvalue weighted by Crippen LogP contribution is 2.38. The van der Waals surface area contributed by atoms with E-state index in [0.29, 0.717) is 29.7 Å². The molecule has 208 valence electrons. The van der Waals surface area contributed by atoms with Gasteiger partial charge in [0, 0.05) is 35.5 Å². The average molecular weight is 530 g/mol. The highest BCUT2D eigenvalue weighted by atomic mass is 16.5. The monoisotopic (exact) mass is 529 g/mol. The maximum atomic E-state index is 13.0. The van der Waals surface area contributed by atoms with Crippen LogP contribution in [0.1, 0.15) is 53.4 Å². The van der Waals surface area contributed by atoms with E-state index in [4.69, 9.17) is 9.47 Å². The van der Waals surface area contributed by atoms with Gasteiger partial charge in [-0.3, -0.25) is 0 Å². The summed E-state index contributed by atoms with van der Waals surface area (Å²) >= 11 is 0. The fraction of sp³-hybridized carbons (Fsp3) is 0.364. The Labute approximate surface area is 233 Å². The molecule has 1 aromatic heterocycles. The molecule has 1 aliphatic heterocycles. The first-order valence-electron chi connectivity index (χ1n) is 14.0. The van der Waals surface area contributed by atoms with Crippen LogP contribution >= 0.6 is 0 Å². The molecule has 0 bridgehead atoms. The lowest BCUT2D eigenvalue weighted by Gasteiger charge is -2.15. The molecule has 2 aromatic rings. The van der Waals surface area contributed by atoms with Crippen molar-refractivity contribution in [3.63, 3.8) is 0 Å². The molecular formula is C33H43N3O3. The smallest absolute Gasteiger partial charge is 0.341 e. The van der Waals surface area contributed by atoms with E-state index in [1.165, 1.54) is 5.57 Å². The SMILES string of the molecule is C=C(/C=C\C(=C/C)Cn1ccc2cc(NC3=C(C(=O)OCCCC)C=C(C4CC4)C=CN3)ccc21)OC.CC. The van der Waals surface area contributed by atoms with Crippen LogP contribution in [0, 0.1) is 5.92 Å². The van der Waals surface area contributed by atoms with Crippen LogP contribution in [0.3, 0.4) is 0 Å². The molecule has 6 nitrogen and oxygen atoms in total. The molecule has 39 heavy (non-hydrogen) atoms. The van der Waals surface area contributed by atoms with Crippen molar-refractivity contribution in [3.8, 4) is 0 Å². The van der Waals surface area contributed by atoms with Gasteiger partial charge in [-0.25, -0.2) is 4.79 Å². The Morgan fingerprint density at radius 2 is 2.03 bits per heavy atom. The van der Waals surface area contributed by atoms with E-state index in [1.807, 2.05) is 51.3 Å². The number of anilines is 1. The van der Waals surface area contributed by atoms with Crippen molar-refractivity contribution in [1.29, 1.82) is 0 Å². The number of aromatic nitrogens is 1. The van der Waals surface area contributed by atoms with Crippen molar-refractivity contribution in [2.45, 2.75) is 59.9 Å². The number of nitrogens with zero attached hydrogens (tertiary/aromatic N) is 1. The second kappa shape index (κ2) is 14.9. The van der Waals surface area contributed by atoms with Gasteiger partial charge >= 0.3 is 5.97 Å². The maximum absolute atomic E-state index is 13.0. The molecule has 2 N–H and O–H groups in total. The van der Waals surface area contributed by atoms with Crippen molar-refractivity contribution >= 4 is 22.6 Å². The molecule has 4 rings (SSSR count). The van der Waals surface area contributed by atoms with E-state index >= 15 is 0 Å². The summed E-state index contributed by atoms with van der Waals surface area (Å²) in [5.74, 6) is 1.47. The van der Waals surface area contributed by atoms with Crippen molar-refractivity contribution < 1.29 is 14.3 Å². The first kappa shape index (κ1) is 29.6. The zero-order chi connectivity index (χ0) is 28.2. The lowest BCUT2D eigenvalue weighted by Crippen LogP contribution is -2.20. The zero-order valence-corrected chi connectivity index (χ0v) is 24.0. The number of benzene rings is 1. The first-order chi connectivity index (χ1) is 19.0. The fourth-order valence-electron chi connectivity index (χ4n) is 4.17. The summed E-state index contributed by atoms with van der Waals surface area (Å²) in [4.78, 5) is 13.0. The Kier molecular flexibility index (Phi) is 11.3. The molecular weight excluding hydrogens is 486 g/mol. The predicted octanol–water partition coefficient (Wildman–Crippen LogP) is 7.75. The van der Waals surface area contributed by atoms with Gasteiger partial charge in [0.05, 0.1) is 13.7 Å². The van der Waals surface area contributed by atoms with Crippen LogP contribution in [0.4, 0.5) is 5.69 Å². The van der Waals surface area contributed by atoms with Gasteiger partial charge in [-0.2, -0.15) is 0 Å². The molecule has 1 fully saturated rings. The van der Waals surface area contributed by atoms with Crippen molar-refractivity contribution in [3.05, 3.63) is 102 Å². The lowest BCUT2D eigenvalue weighted by molar-refractivity contribution is -0.138. The van der Waals surface area contributed by atoms with Gasteiger partial charge in [-0.05, 0) is 85.7 Å². The Morgan fingerprint density at radius 3 is 2.72 bits per heavy atom. The van der Waals surface area contributed by atoms with E-state index in [0.717, 1.165) is 54.4 Å². The highest BCUT2D eigenvalue weighted by Gasteiger charge is 2.27.